The molecule has 2 atom stereocenters. The summed E-state index contributed by atoms with van der Waals surface area (Å²) in [6.45, 7) is 5.88. The largest absolute Gasteiger partial charge is 0.310 e. The van der Waals surface area contributed by atoms with E-state index in [1.165, 1.54) is 32.5 Å². The minimum absolute atomic E-state index is 0.0786. The van der Waals surface area contributed by atoms with Gasteiger partial charge in [-0.1, -0.05) is 18.2 Å². The number of benzene rings is 1. The van der Waals surface area contributed by atoms with Crippen LogP contribution in [0.2, 0.25) is 0 Å². The van der Waals surface area contributed by atoms with Crippen LogP contribution in [0.5, 0.6) is 0 Å². The minimum Gasteiger partial charge on any atom is -0.310 e. The van der Waals surface area contributed by atoms with Crippen molar-refractivity contribution in [2.75, 3.05) is 19.6 Å². The van der Waals surface area contributed by atoms with E-state index < -0.39 is 0 Å². The summed E-state index contributed by atoms with van der Waals surface area (Å²) in [6, 6.07) is 8.05. The molecule has 3 heterocycles. The number of hydrogen-bond acceptors (Lipinski definition) is 2. The highest BCUT2D eigenvalue weighted by Crippen LogP contribution is 2.27. The van der Waals surface area contributed by atoms with Gasteiger partial charge in [0, 0.05) is 18.6 Å². The van der Waals surface area contributed by atoms with E-state index in [9.17, 15) is 4.39 Å². The Hall–Kier alpha value is -0.930. The second-order valence-electron chi connectivity index (χ2n) is 6.11. The number of nitrogens with one attached hydrogen (secondary N) is 1. The van der Waals surface area contributed by atoms with Gasteiger partial charge in [-0.15, -0.1) is 0 Å². The zero-order valence-electron chi connectivity index (χ0n) is 11.6. The molecule has 19 heavy (non-hydrogen) atoms. The summed E-state index contributed by atoms with van der Waals surface area (Å²) in [5.41, 5.74) is 0.823. The van der Waals surface area contributed by atoms with E-state index in [1.54, 1.807) is 12.1 Å². The molecule has 3 heteroatoms. The summed E-state index contributed by atoms with van der Waals surface area (Å²) in [4.78, 5) is 2.55. The number of halogens is 1. The fourth-order valence-electron chi connectivity index (χ4n) is 3.57. The van der Waals surface area contributed by atoms with Crippen molar-refractivity contribution in [2.45, 2.75) is 38.3 Å². The number of hydrogen-bond donors (Lipinski definition) is 1. The minimum atomic E-state index is -0.0786. The van der Waals surface area contributed by atoms with Crippen LogP contribution in [-0.2, 0) is 6.42 Å². The van der Waals surface area contributed by atoms with Gasteiger partial charge in [0.15, 0.2) is 0 Å². The smallest absolute Gasteiger partial charge is 0.126 e. The Kier molecular flexibility index (Phi) is 3.85. The van der Waals surface area contributed by atoms with Gasteiger partial charge in [-0.2, -0.15) is 0 Å². The molecule has 3 aliphatic rings. The predicted molar refractivity (Wildman–Crippen MR) is 75.7 cm³/mol. The topological polar surface area (TPSA) is 15.3 Å². The van der Waals surface area contributed by atoms with Gasteiger partial charge in [0.05, 0.1) is 0 Å². The molecule has 1 aromatic rings. The molecule has 0 saturated carbocycles. The molecule has 2 unspecified atom stereocenters. The van der Waals surface area contributed by atoms with Gasteiger partial charge in [0.1, 0.15) is 5.82 Å². The first kappa shape index (κ1) is 13.1. The van der Waals surface area contributed by atoms with Crippen LogP contribution in [0, 0.1) is 11.7 Å². The molecule has 3 fully saturated rings. The summed E-state index contributed by atoms with van der Waals surface area (Å²) in [5.74, 6) is 0.748. The van der Waals surface area contributed by atoms with Crippen molar-refractivity contribution in [3.63, 3.8) is 0 Å². The maximum Gasteiger partial charge on any atom is 0.126 e. The van der Waals surface area contributed by atoms with E-state index in [4.69, 9.17) is 0 Å². The molecule has 1 N–H and O–H groups in total. The lowest BCUT2D eigenvalue weighted by molar-refractivity contribution is 0.0680. The molecular formula is C16H23FN2. The molecule has 4 rings (SSSR count). The lowest BCUT2D eigenvalue weighted by Crippen LogP contribution is -2.57. The van der Waals surface area contributed by atoms with Gasteiger partial charge in [-0.3, -0.25) is 0 Å². The zero-order valence-corrected chi connectivity index (χ0v) is 11.6. The van der Waals surface area contributed by atoms with Crippen molar-refractivity contribution in [2.24, 2.45) is 5.92 Å². The summed E-state index contributed by atoms with van der Waals surface area (Å²) in [7, 11) is 0. The Morgan fingerprint density at radius 3 is 2.68 bits per heavy atom. The summed E-state index contributed by atoms with van der Waals surface area (Å²) >= 11 is 0. The van der Waals surface area contributed by atoms with E-state index in [0.29, 0.717) is 12.1 Å². The molecule has 2 bridgehead atoms. The number of nitrogens with zero attached hydrogens (tertiary/aromatic N) is 1. The molecule has 104 valence electrons. The van der Waals surface area contributed by atoms with Crippen LogP contribution in [0.25, 0.3) is 0 Å². The maximum absolute atomic E-state index is 13.6. The van der Waals surface area contributed by atoms with Gasteiger partial charge in [-0.05, 0) is 56.8 Å². The van der Waals surface area contributed by atoms with Gasteiger partial charge >= 0.3 is 0 Å². The third-order valence-corrected chi connectivity index (χ3v) is 4.64. The third-order valence-electron chi connectivity index (χ3n) is 4.64. The Bertz CT molecular complexity index is 427. The second-order valence-corrected chi connectivity index (χ2v) is 6.11. The highest BCUT2D eigenvalue weighted by atomic mass is 19.1. The molecule has 0 spiro atoms. The van der Waals surface area contributed by atoms with Crippen LogP contribution in [0.4, 0.5) is 4.39 Å². The van der Waals surface area contributed by atoms with Gasteiger partial charge < -0.3 is 10.2 Å². The van der Waals surface area contributed by atoms with Crippen LogP contribution in [0.3, 0.4) is 0 Å². The van der Waals surface area contributed by atoms with Gasteiger partial charge in [-0.25, -0.2) is 4.39 Å². The third kappa shape index (κ3) is 2.98. The highest BCUT2D eigenvalue weighted by Gasteiger charge is 2.34. The quantitative estimate of drug-likeness (QED) is 0.896. The Labute approximate surface area is 115 Å². The van der Waals surface area contributed by atoms with Crippen molar-refractivity contribution < 1.29 is 4.39 Å². The Morgan fingerprint density at radius 1 is 1.32 bits per heavy atom. The van der Waals surface area contributed by atoms with Crippen molar-refractivity contribution in [1.82, 2.24) is 10.2 Å². The van der Waals surface area contributed by atoms with Gasteiger partial charge in [0.2, 0.25) is 0 Å². The molecule has 0 aromatic heterocycles. The van der Waals surface area contributed by atoms with Gasteiger partial charge in [0.25, 0.3) is 0 Å². The predicted octanol–water partition coefficient (Wildman–Crippen LogP) is 2.44. The average Bonchev–Trinajstić information content (AvgIpc) is 2.43. The molecule has 2 nitrogen and oxygen atoms in total. The number of piperidine rings is 3. The fourth-order valence-corrected chi connectivity index (χ4v) is 3.57. The SMILES string of the molecule is CC(Cc1ccccc1F)NC1CN2CCC1CC2. The van der Waals surface area contributed by atoms with Crippen molar-refractivity contribution in [3.05, 3.63) is 35.6 Å². The van der Waals surface area contributed by atoms with Crippen molar-refractivity contribution in [1.29, 1.82) is 0 Å². The number of fused-ring (bicyclic) bond motifs is 3. The Morgan fingerprint density at radius 2 is 2.05 bits per heavy atom. The highest BCUT2D eigenvalue weighted by molar-refractivity contribution is 5.18. The normalized spacial score (nSPS) is 31.4. The Balaban J connectivity index is 1.57. The van der Waals surface area contributed by atoms with Crippen LogP contribution in [-0.4, -0.2) is 36.6 Å². The van der Waals surface area contributed by atoms with Crippen molar-refractivity contribution >= 4 is 0 Å². The lowest BCUT2D eigenvalue weighted by atomic mass is 9.83. The van der Waals surface area contributed by atoms with E-state index in [-0.39, 0.29) is 5.82 Å². The zero-order chi connectivity index (χ0) is 13.2. The summed E-state index contributed by atoms with van der Waals surface area (Å²) in [6.07, 6.45) is 3.42. The first-order valence-electron chi connectivity index (χ1n) is 7.44. The van der Waals surface area contributed by atoms with Crippen LogP contribution < -0.4 is 5.32 Å². The summed E-state index contributed by atoms with van der Waals surface area (Å²) < 4.78 is 13.6. The van der Waals surface area contributed by atoms with E-state index in [0.717, 1.165) is 17.9 Å². The fraction of sp³-hybridized carbons (Fsp3) is 0.625. The van der Waals surface area contributed by atoms with E-state index in [1.807, 2.05) is 12.1 Å². The van der Waals surface area contributed by atoms with Crippen molar-refractivity contribution in [3.8, 4) is 0 Å². The standard InChI is InChI=1S/C16H23FN2/c1-12(10-14-4-2-3-5-15(14)17)18-16-11-19-8-6-13(16)7-9-19/h2-5,12-13,16,18H,6-11H2,1H3. The number of rotatable bonds is 4. The summed E-state index contributed by atoms with van der Waals surface area (Å²) in [5, 5.41) is 3.72. The molecular weight excluding hydrogens is 239 g/mol. The van der Waals surface area contributed by atoms with E-state index in [2.05, 4.69) is 17.1 Å². The van der Waals surface area contributed by atoms with E-state index >= 15 is 0 Å². The first-order chi connectivity index (χ1) is 9.22. The molecule has 3 saturated heterocycles. The molecule has 3 aliphatic heterocycles. The van der Waals surface area contributed by atoms with Crippen LogP contribution in [0.1, 0.15) is 25.3 Å². The molecule has 1 aromatic carbocycles. The maximum atomic E-state index is 13.6. The van der Waals surface area contributed by atoms with Crippen LogP contribution in [0.15, 0.2) is 24.3 Å². The molecule has 0 radical (unpaired) electrons. The monoisotopic (exact) mass is 262 g/mol. The first-order valence-corrected chi connectivity index (χ1v) is 7.44. The van der Waals surface area contributed by atoms with Crippen LogP contribution >= 0.6 is 0 Å². The molecule has 0 aliphatic carbocycles. The molecule has 0 amide bonds. The average molecular weight is 262 g/mol. The lowest BCUT2D eigenvalue weighted by Gasteiger charge is -2.46. The second kappa shape index (κ2) is 5.59.